The van der Waals surface area contributed by atoms with Crippen LogP contribution < -0.4 is 4.74 Å². The van der Waals surface area contributed by atoms with Crippen LogP contribution in [0.3, 0.4) is 0 Å². The quantitative estimate of drug-likeness (QED) is 0.599. The van der Waals surface area contributed by atoms with Crippen molar-refractivity contribution >= 4 is 44.6 Å². The summed E-state index contributed by atoms with van der Waals surface area (Å²) >= 11 is 9.29. The van der Waals surface area contributed by atoms with Gasteiger partial charge >= 0.3 is 5.97 Å². The molecule has 3 rings (SSSR count). The van der Waals surface area contributed by atoms with Crippen molar-refractivity contribution in [3.8, 4) is 5.75 Å². The maximum atomic E-state index is 11.7. The molecule has 5 nitrogen and oxygen atoms in total. The van der Waals surface area contributed by atoms with Gasteiger partial charge in [0.2, 0.25) is 5.89 Å². The number of hydrogen-bond donors (Lipinski definition) is 0. The first-order valence-electron chi connectivity index (χ1n) is 6.70. The number of fused-ring (bicyclic) bond motifs is 1. The second-order valence-electron chi connectivity index (χ2n) is 4.60. The second-order valence-corrected chi connectivity index (χ2v) is 5.92. The van der Waals surface area contributed by atoms with E-state index in [0.29, 0.717) is 22.2 Å². The van der Waals surface area contributed by atoms with E-state index < -0.39 is 5.97 Å². The van der Waals surface area contributed by atoms with Crippen molar-refractivity contribution in [2.24, 2.45) is 0 Å². The normalized spacial score (nSPS) is 10.7. The van der Waals surface area contributed by atoms with Gasteiger partial charge in [-0.3, -0.25) is 0 Å². The zero-order chi connectivity index (χ0) is 16.2. The van der Waals surface area contributed by atoms with Crippen LogP contribution in [0.5, 0.6) is 5.75 Å². The molecule has 0 saturated heterocycles. The maximum Gasteiger partial charge on any atom is 0.344 e. The first kappa shape index (κ1) is 15.8. The number of nitrogens with zero attached hydrogens (tertiary/aromatic N) is 1. The Morgan fingerprint density at radius 2 is 2.09 bits per heavy atom. The molecule has 1 heterocycles. The molecule has 0 radical (unpaired) electrons. The standard InChI is InChI=1S/C16H11BrClNO4/c17-10-5-6-13(11(18)7-10)21-9-16(20)22-8-15-19-12-3-1-2-4-14(12)23-15/h1-7H,8-9H2. The summed E-state index contributed by atoms with van der Waals surface area (Å²) in [7, 11) is 0. The Balaban J connectivity index is 1.53. The monoisotopic (exact) mass is 395 g/mol. The number of ether oxygens (including phenoxy) is 2. The molecule has 118 valence electrons. The number of carbonyl (C=O) groups is 1. The van der Waals surface area contributed by atoms with Crippen LogP contribution in [-0.2, 0) is 16.1 Å². The lowest BCUT2D eigenvalue weighted by Gasteiger charge is -2.07. The molecule has 2 aromatic carbocycles. The minimum Gasteiger partial charge on any atom is -0.480 e. The van der Waals surface area contributed by atoms with Crippen LogP contribution in [0.2, 0.25) is 5.02 Å². The number of benzene rings is 2. The van der Waals surface area contributed by atoms with E-state index in [2.05, 4.69) is 20.9 Å². The Bertz CT molecular complexity index is 816. The van der Waals surface area contributed by atoms with Gasteiger partial charge in [-0.1, -0.05) is 39.7 Å². The minimum atomic E-state index is -0.536. The number of halogens is 2. The highest BCUT2D eigenvalue weighted by atomic mass is 79.9. The number of oxazole rings is 1. The van der Waals surface area contributed by atoms with Crippen molar-refractivity contribution in [2.45, 2.75) is 6.61 Å². The molecule has 0 N–H and O–H groups in total. The lowest BCUT2D eigenvalue weighted by molar-refractivity contribution is -0.148. The molecular weight excluding hydrogens is 386 g/mol. The number of carbonyl (C=O) groups excluding carboxylic acids is 1. The fraction of sp³-hybridized carbons (Fsp3) is 0.125. The minimum absolute atomic E-state index is 0.0507. The van der Waals surface area contributed by atoms with E-state index in [4.69, 9.17) is 25.5 Å². The van der Waals surface area contributed by atoms with E-state index in [0.717, 1.165) is 9.99 Å². The van der Waals surface area contributed by atoms with E-state index in [1.807, 2.05) is 18.2 Å². The van der Waals surface area contributed by atoms with Crippen molar-refractivity contribution < 1.29 is 18.7 Å². The van der Waals surface area contributed by atoms with E-state index >= 15 is 0 Å². The molecule has 0 aliphatic rings. The van der Waals surface area contributed by atoms with E-state index in [-0.39, 0.29) is 13.2 Å². The van der Waals surface area contributed by atoms with Gasteiger partial charge in [-0.05, 0) is 30.3 Å². The molecule has 0 bridgehead atoms. The van der Waals surface area contributed by atoms with E-state index in [9.17, 15) is 4.79 Å². The second kappa shape index (κ2) is 7.02. The molecule has 23 heavy (non-hydrogen) atoms. The highest BCUT2D eigenvalue weighted by Gasteiger charge is 2.10. The molecule has 0 aliphatic heterocycles. The first-order chi connectivity index (χ1) is 11.1. The van der Waals surface area contributed by atoms with Crippen LogP contribution in [0, 0.1) is 0 Å². The topological polar surface area (TPSA) is 61.6 Å². The highest BCUT2D eigenvalue weighted by molar-refractivity contribution is 9.10. The molecule has 1 aromatic heterocycles. The summed E-state index contributed by atoms with van der Waals surface area (Å²) in [5, 5.41) is 0.408. The van der Waals surface area contributed by atoms with Crippen molar-refractivity contribution in [1.29, 1.82) is 0 Å². The molecule has 0 unspecified atom stereocenters. The largest absolute Gasteiger partial charge is 0.480 e. The summed E-state index contributed by atoms with van der Waals surface area (Å²) in [4.78, 5) is 15.9. The summed E-state index contributed by atoms with van der Waals surface area (Å²) in [5.41, 5.74) is 1.37. The molecule has 0 saturated carbocycles. The van der Waals surface area contributed by atoms with Gasteiger partial charge in [-0.25, -0.2) is 9.78 Å². The molecule has 0 amide bonds. The van der Waals surface area contributed by atoms with Crippen LogP contribution in [0.1, 0.15) is 5.89 Å². The average Bonchev–Trinajstić information content (AvgIpc) is 2.95. The molecule has 3 aromatic rings. The molecular formula is C16H11BrClNO4. The third-order valence-corrected chi connectivity index (χ3v) is 3.72. The van der Waals surface area contributed by atoms with Gasteiger partial charge in [0.1, 0.15) is 11.3 Å². The summed E-state index contributed by atoms with van der Waals surface area (Å²) in [5.74, 6) is 0.209. The predicted octanol–water partition coefficient (Wildman–Crippen LogP) is 4.37. The Morgan fingerprint density at radius 3 is 2.87 bits per heavy atom. The third-order valence-electron chi connectivity index (χ3n) is 2.93. The number of para-hydroxylation sites is 2. The summed E-state index contributed by atoms with van der Waals surface area (Å²) in [6.45, 7) is -0.299. The molecule has 7 heteroatoms. The fourth-order valence-corrected chi connectivity index (χ4v) is 2.62. The number of hydrogen-bond acceptors (Lipinski definition) is 5. The Morgan fingerprint density at radius 1 is 1.26 bits per heavy atom. The lowest BCUT2D eigenvalue weighted by atomic mass is 10.3. The van der Waals surface area contributed by atoms with E-state index in [1.54, 1.807) is 24.3 Å². The predicted molar refractivity (Wildman–Crippen MR) is 88.5 cm³/mol. The van der Waals surface area contributed by atoms with Crippen molar-refractivity contribution in [1.82, 2.24) is 4.98 Å². The Kier molecular flexibility index (Phi) is 4.83. The van der Waals surface area contributed by atoms with Crippen LogP contribution >= 0.6 is 27.5 Å². The Labute approximate surface area is 145 Å². The summed E-state index contributed by atoms with van der Waals surface area (Å²) in [6, 6.07) is 12.4. The maximum absolute atomic E-state index is 11.7. The number of esters is 1. The lowest BCUT2D eigenvalue weighted by Crippen LogP contribution is -2.15. The Hall–Kier alpha value is -2.05. The van der Waals surface area contributed by atoms with Gasteiger partial charge in [0.05, 0.1) is 5.02 Å². The first-order valence-corrected chi connectivity index (χ1v) is 7.87. The third kappa shape index (κ3) is 4.03. The van der Waals surface area contributed by atoms with Crippen LogP contribution in [0.15, 0.2) is 51.4 Å². The zero-order valence-corrected chi connectivity index (χ0v) is 14.1. The van der Waals surface area contributed by atoms with Gasteiger partial charge < -0.3 is 13.9 Å². The smallest absolute Gasteiger partial charge is 0.344 e. The van der Waals surface area contributed by atoms with Gasteiger partial charge in [0.25, 0.3) is 0 Å². The molecule has 0 fully saturated rings. The molecule has 0 spiro atoms. The van der Waals surface area contributed by atoms with Gasteiger partial charge in [0.15, 0.2) is 18.8 Å². The number of rotatable bonds is 5. The van der Waals surface area contributed by atoms with Crippen molar-refractivity contribution in [3.63, 3.8) is 0 Å². The van der Waals surface area contributed by atoms with Crippen molar-refractivity contribution in [2.75, 3.05) is 6.61 Å². The molecule has 0 aliphatic carbocycles. The SMILES string of the molecule is O=C(COc1ccc(Br)cc1Cl)OCc1nc2ccccc2o1. The fourth-order valence-electron chi connectivity index (χ4n) is 1.89. The van der Waals surface area contributed by atoms with Crippen LogP contribution in [0.4, 0.5) is 0 Å². The van der Waals surface area contributed by atoms with Crippen LogP contribution in [-0.4, -0.2) is 17.6 Å². The van der Waals surface area contributed by atoms with E-state index in [1.165, 1.54) is 0 Å². The highest BCUT2D eigenvalue weighted by Crippen LogP contribution is 2.27. The van der Waals surface area contributed by atoms with Gasteiger partial charge in [-0.15, -0.1) is 0 Å². The summed E-state index contributed by atoms with van der Waals surface area (Å²) in [6.07, 6.45) is 0. The molecule has 0 atom stereocenters. The van der Waals surface area contributed by atoms with Gasteiger partial charge in [-0.2, -0.15) is 0 Å². The van der Waals surface area contributed by atoms with Crippen LogP contribution in [0.25, 0.3) is 11.1 Å². The average molecular weight is 397 g/mol. The number of aromatic nitrogens is 1. The summed E-state index contributed by atoms with van der Waals surface area (Å²) < 4.78 is 16.7. The van der Waals surface area contributed by atoms with Crippen molar-refractivity contribution in [3.05, 3.63) is 57.9 Å². The zero-order valence-electron chi connectivity index (χ0n) is 11.8. The van der Waals surface area contributed by atoms with Gasteiger partial charge in [0, 0.05) is 4.47 Å².